The monoisotopic (exact) mass is 333 g/mol. The summed E-state index contributed by atoms with van der Waals surface area (Å²) >= 11 is 0. The first-order valence-electron chi connectivity index (χ1n) is 8.47. The lowest BCUT2D eigenvalue weighted by atomic mass is 9.91. The molecule has 1 aliphatic carbocycles. The van der Waals surface area contributed by atoms with Gasteiger partial charge in [0.25, 0.3) is 0 Å². The Balaban J connectivity index is 1.96. The highest BCUT2D eigenvalue weighted by molar-refractivity contribution is 5.59. The summed E-state index contributed by atoms with van der Waals surface area (Å²) in [5, 5.41) is 0. The highest BCUT2D eigenvalue weighted by Crippen LogP contribution is 2.83. The maximum absolute atomic E-state index is 12.8. The van der Waals surface area contributed by atoms with E-state index in [9.17, 15) is 9.59 Å². The number of nitrogens with zero attached hydrogens (tertiary/aromatic N) is 3. The molecule has 5 nitrogen and oxygen atoms in total. The summed E-state index contributed by atoms with van der Waals surface area (Å²) in [5.41, 5.74) is 0.236. The van der Waals surface area contributed by atoms with Crippen molar-refractivity contribution in [3.63, 3.8) is 0 Å². The minimum Gasteiger partial charge on any atom is -0.246 e. The molecule has 1 saturated carbocycles. The molecule has 0 amide bonds. The lowest BCUT2D eigenvalue weighted by Crippen LogP contribution is -2.56. The van der Waals surface area contributed by atoms with Crippen molar-refractivity contribution in [2.24, 2.45) is 12.5 Å². The number of hydrogen-bond donors (Lipinski definition) is 0. The van der Waals surface area contributed by atoms with Crippen LogP contribution in [0.25, 0.3) is 0 Å². The fourth-order valence-corrected chi connectivity index (χ4v) is 5.49. The number of fused-ring (bicyclic) bond motifs is 4. The van der Waals surface area contributed by atoms with Gasteiger partial charge in [-0.15, -0.1) is 0 Å². The molecule has 0 spiro atoms. The van der Waals surface area contributed by atoms with Crippen LogP contribution in [0, 0.1) is 5.41 Å². The Morgan fingerprint density at radius 1 is 0.680 bits per heavy atom. The maximum atomic E-state index is 12.8. The van der Waals surface area contributed by atoms with E-state index in [1.807, 2.05) is 36.4 Å². The summed E-state index contributed by atoms with van der Waals surface area (Å²) in [6.45, 7) is 4.29. The Labute approximate surface area is 144 Å². The molecule has 0 saturated heterocycles. The van der Waals surface area contributed by atoms with Gasteiger partial charge in [0.2, 0.25) is 0 Å². The van der Waals surface area contributed by atoms with Crippen molar-refractivity contribution in [1.29, 1.82) is 0 Å². The first-order chi connectivity index (χ1) is 11.9. The van der Waals surface area contributed by atoms with Crippen LogP contribution >= 0.6 is 0 Å². The molecule has 2 aromatic carbocycles. The van der Waals surface area contributed by atoms with E-state index in [4.69, 9.17) is 0 Å². The summed E-state index contributed by atoms with van der Waals surface area (Å²) in [7, 11) is 1.55. The van der Waals surface area contributed by atoms with E-state index >= 15 is 0 Å². The molecule has 126 valence electrons. The Morgan fingerprint density at radius 2 is 1.04 bits per heavy atom. The fraction of sp³-hybridized carbons (Fsp3) is 0.300. The third-order valence-electron chi connectivity index (χ3n) is 6.42. The maximum Gasteiger partial charge on any atom is 0.347 e. The quantitative estimate of drug-likeness (QED) is 0.719. The SMILES string of the molecule is Cn1c(=O)n2n(c1=O)[C@]1(c3ccccc3)C(C)(C)[C@]21c1ccccc1. The average molecular weight is 333 g/mol. The topological polar surface area (TPSA) is 48.9 Å². The van der Waals surface area contributed by atoms with Crippen LogP contribution in [-0.2, 0) is 18.1 Å². The summed E-state index contributed by atoms with van der Waals surface area (Å²) in [6.07, 6.45) is 0. The number of rotatable bonds is 2. The average Bonchev–Trinajstić information content (AvgIpc) is 2.89. The van der Waals surface area contributed by atoms with E-state index in [-0.39, 0.29) is 16.8 Å². The molecule has 25 heavy (non-hydrogen) atoms. The van der Waals surface area contributed by atoms with E-state index in [0.717, 1.165) is 11.1 Å². The zero-order valence-electron chi connectivity index (χ0n) is 14.4. The molecular formula is C20H19N3O2. The molecule has 0 bridgehead atoms. The number of aromatic nitrogens is 3. The van der Waals surface area contributed by atoms with Gasteiger partial charge in [-0.3, -0.25) is 0 Å². The minimum atomic E-state index is -0.542. The predicted octanol–water partition coefficient (Wildman–Crippen LogP) is 1.89. The Bertz CT molecular complexity index is 1030. The molecule has 3 aromatic rings. The summed E-state index contributed by atoms with van der Waals surface area (Å²) in [4.78, 5) is 25.7. The third kappa shape index (κ3) is 1.15. The van der Waals surface area contributed by atoms with Gasteiger partial charge in [0.15, 0.2) is 0 Å². The summed E-state index contributed by atoms with van der Waals surface area (Å²) in [5.74, 6) is 0. The Hall–Kier alpha value is -2.82. The molecule has 1 fully saturated rings. The van der Waals surface area contributed by atoms with Crippen LogP contribution in [0.2, 0.25) is 0 Å². The second kappa shape index (κ2) is 4.04. The Morgan fingerprint density at radius 3 is 1.40 bits per heavy atom. The van der Waals surface area contributed by atoms with E-state index < -0.39 is 11.1 Å². The lowest BCUT2D eigenvalue weighted by molar-refractivity contribution is 0.187. The highest BCUT2D eigenvalue weighted by Gasteiger charge is 2.94. The fourth-order valence-electron chi connectivity index (χ4n) is 5.49. The van der Waals surface area contributed by atoms with Gasteiger partial charge in [0.05, 0.1) is 0 Å². The molecule has 0 unspecified atom stereocenters. The smallest absolute Gasteiger partial charge is 0.246 e. The zero-order valence-corrected chi connectivity index (χ0v) is 14.4. The zero-order chi connectivity index (χ0) is 17.6. The van der Waals surface area contributed by atoms with E-state index in [1.54, 1.807) is 16.4 Å². The molecular weight excluding hydrogens is 314 g/mol. The van der Waals surface area contributed by atoms with Gasteiger partial charge in [-0.05, 0) is 11.1 Å². The van der Waals surface area contributed by atoms with Gasteiger partial charge in [0, 0.05) is 12.5 Å². The molecule has 2 atom stereocenters. The molecule has 5 heteroatoms. The van der Waals surface area contributed by atoms with E-state index in [0.29, 0.717) is 0 Å². The van der Waals surface area contributed by atoms with Crippen LogP contribution in [0.4, 0.5) is 0 Å². The van der Waals surface area contributed by atoms with Crippen molar-refractivity contribution in [3.8, 4) is 0 Å². The second-order valence-corrected chi connectivity index (χ2v) is 7.53. The predicted molar refractivity (Wildman–Crippen MR) is 94.8 cm³/mol. The van der Waals surface area contributed by atoms with E-state index in [2.05, 4.69) is 38.1 Å². The first kappa shape index (κ1) is 14.5. The standard InChI is InChI=1S/C20H19N3O2/c1-18(2)19(14-10-6-4-7-11-14)20(18,15-12-8-5-9-13-15)23-17(25)21(3)16(24)22(19)23/h4-13H,1-3H3/t19-,20+. The van der Waals surface area contributed by atoms with Crippen molar-refractivity contribution in [1.82, 2.24) is 13.9 Å². The van der Waals surface area contributed by atoms with E-state index in [1.165, 1.54) is 4.57 Å². The lowest BCUT2D eigenvalue weighted by Gasteiger charge is -2.38. The number of benzene rings is 2. The van der Waals surface area contributed by atoms with Gasteiger partial charge >= 0.3 is 11.4 Å². The van der Waals surface area contributed by atoms with Gasteiger partial charge in [-0.2, -0.15) is 0 Å². The largest absolute Gasteiger partial charge is 0.347 e. The van der Waals surface area contributed by atoms with Gasteiger partial charge < -0.3 is 0 Å². The summed E-state index contributed by atoms with van der Waals surface area (Å²) < 4.78 is 4.53. The van der Waals surface area contributed by atoms with Crippen LogP contribution in [0.15, 0.2) is 70.3 Å². The molecule has 2 aliphatic rings. The van der Waals surface area contributed by atoms with Crippen LogP contribution in [0.1, 0.15) is 25.0 Å². The molecule has 0 N–H and O–H groups in total. The third-order valence-corrected chi connectivity index (χ3v) is 6.42. The van der Waals surface area contributed by atoms with Crippen LogP contribution < -0.4 is 11.4 Å². The number of hydrogen-bond acceptors (Lipinski definition) is 2. The van der Waals surface area contributed by atoms with Gasteiger partial charge in [0.1, 0.15) is 11.1 Å². The molecule has 0 radical (unpaired) electrons. The highest BCUT2D eigenvalue weighted by atomic mass is 16.2. The molecule has 5 rings (SSSR count). The van der Waals surface area contributed by atoms with Gasteiger partial charge in [-0.25, -0.2) is 23.5 Å². The second-order valence-electron chi connectivity index (χ2n) is 7.53. The van der Waals surface area contributed by atoms with Crippen molar-refractivity contribution in [3.05, 3.63) is 92.8 Å². The van der Waals surface area contributed by atoms with Crippen molar-refractivity contribution < 1.29 is 0 Å². The van der Waals surface area contributed by atoms with Crippen molar-refractivity contribution in [2.45, 2.75) is 24.9 Å². The van der Waals surface area contributed by atoms with Crippen molar-refractivity contribution >= 4 is 0 Å². The van der Waals surface area contributed by atoms with Crippen LogP contribution in [-0.4, -0.2) is 13.9 Å². The normalized spacial score (nSPS) is 28.0. The van der Waals surface area contributed by atoms with Crippen molar-refractivity contribution in [2.75, 3.05) is 0 Å². The van der Waals surface area contributed by atoms with Gasteiger partial charge in [-0.1, -0.05) is 74.5 Å². The first-order valence-corrected chi connectivity index (χ1v) is 8.47. The molecule has 1 aromatic heterocycles. The van der Waals surface area contributed by atoms with Crippen LogP contribution in [0.3, 0.4) is 0 Å². The molecule has 2 heterocycles. The Kier molecular flexibility index (Phi) is 2.35. The summed E-state index contributed by atoms with van der Waals surface area (Å²) in [6, 6.07) is 20.1. The van der Waals surface area contributed by atoms with Crippen LogP contribution in [0.5, 0.6) is 0 Å². The molecule has 1 aliphatic heterocycles. The minimum absolute atomic E-state index is 0.258.